The normalized spacial score (nSPS) is 27.0. The van der Waals surface area contributed by atoms with E-state index in [1.54, 1.807) is 11.3 Å². The molecule has 1 amide bonds. The van der Waals surface area contributed by atoms with Crippen molar-refractivity contribution in [3.8, 4) is 0 Å². The van der Waals surface area contributed by atoms with Gasteiger partial charge in [0, 0.05) is 4.88 Å². The molecule has 0 N–H and O–H groups in total. The zero-order valence-corrected chi connectivity index (χ0v) is 14.5. The first-order chi connectivity index (χ1) is 9.87. The molecule has 1 aromatic rings. The molecule has 1 aromatic heterocycles. The number of nitrogens with zero attached hydrogens (tertiary/aromatic N) is 1. The monoisotopic (exact) mass is 359 g/mol. The van der Waals surface area contributed by atoms with Crippen molar-refractivity contribution in [2.75, 3.05) is 11.5 Å². The zero-order chi connectivity index (χ0) is 15.2. The molecule has 0 bridgehead atoms. The minimum atomic E-state index is -3.03. The Morgan fingerprint density at radius 1 is 1.48 bits per heavy atom. The van der Waals surface area contributed by atoms with Crippen LogP contribution in [-0.4, -0.2) is 41.1 Å². The maximum atomic E-state index is 12.5. The lowest BCUT2D eigenvalue weighted by molar-refractivity contribution is -0.123. The summed E-state index contributed by atoms with van der Waals surface area (Å²) in [5.74, 6) is -0.0114. The SMILES string of the molecule is Cc1ccsc1/C=C1/SC(=S)N([C@@H]2CCS(=O)(=O)C2)C1=O. The van der Waals surface area contributed by atoms with Crippen LogP contribution >= 0.6 is 35.3 Å². The summed E-state index contributed by atoms with van der Waals surface area (Å²) in [5, 5.41) is 1.98. The van der Waals surface area contributed by atoms with Crippen LogP contribution in [0.3, 0.4) is 0 Å². The van der Waals surface area contributed by atoms with Crippen molar-refractivity contribution in [1.29, 1.82) is 0 Å². The van der Waals surface area contributed by atoms with Crippen LogP contribution in [0.15, 0.2) is 16.4 Å². The van der Waals surface area contributed by atoms with E-state index in [1.165, 1.54) is 16.7 Å². The second-order valence-corrected chi connectivity index (χ2v) is 9.93. The summed E-state index contributed by atoms with van der Waals surface area (Å²) in [6.07, 6.45) is 2.32. The summed E-state index contributed by atoms with van der Waals surface area (Å²) in [6, 6.07) is 1.69. The molecule has 0 aliphatic carbocycles. The molecule has 2 saturated heterocycles. The lowest BCUT2D eigenvalue weighted by atomic mass is 10.2. The fourth-order valence-corrected chi connectivity index (χ4v) is 6.44. The number of rotatable bonds is 2. The third kappa shape index (κ3) is 2.94. The third-order valence-corrected chi connectivity index (χ3v) is 7.61. The zero-order valence-electron chi connectivity index (χ0n) is 11.2. The van der Waals surface area contributed by atoms with E-state index in [2.05, 4.69) is 0 Å². The van der Waals surface area contributed by atoms with Gasteiger partial charge in [0.15, 0.2) is 9.84 Å². The number of hydrogen-bond donors (Lipinski definition) is 0. The van der Waals surface area contributed by atoms with Gasteiger partial charge in [0.2, 0.25) is 0 Å². The molecule has 21 heavy (non-hydrogen) atoms. The molecular weight excluding hydrogens is 346 g/mol. The summed E-state index contributed by atoms with van der Waals surface area (Å²) in [5.41, 5.74) is 1.12. The van der Waals surface area contributed by atoms with Crippen molar-refractivity contribution in [2.24, 2.45) is 0 Å². The van der Waals surface area contributed by atoms with E-state index in [0.29, 0.717) is 15.6 Å². The minimum Gasteiger partial charge on any atom is -0.289 e. The Kier molecular flexibility index (Phi) is 3.98. The predicted molar refractivity (Wildman–Crippen MR) is 91.1 cm³/mol. The molecule has 0 saturated carbocycles. The van der Waals surface area contributed by atoms with Crippen LogP contribution in [0.2, 0.25) is 0 Å². The van der Waals surface area contributed by atoms with Crippen molar-refractivity contribution in [2.45, 2.75) is 19.4 Å². The predicted octanol–water partition coefficient (Wildman–Crippen LogP) is 2.44. The molecule has 2 aliphatic rings. The van der Waals surface area contributed by atoms with Gasteiger partial charge in [-0.3, -0.25) is 9.69 Å². The van der Waals surface area contributed by atoms with Crippen LogP contribution < -0.4 is 0 Å². The fourth-order valence-electron chi connectivity index (χ4n) is 2.43. The molecule has 2 fully saturated rings. The third-order valence-electron chi connectivity index (χ3n) is 3.56. The van der Waals surface area contributed by atoms with E-state index in [0.717, 1.165) is 10.4 Å². The van der Waals surface area contributed by atoms with Crippen molar-refractivity contribution in [1.82, 2.24) is 4.90 Å². The number of amides is 1. The van der Waals surface area contributed by atoms with E-state index < -0.39 is 9.84 Å². The van der Waals surface area contributed by atoms with Crippen molar-refractivity contribution < 1.29 is 13.2 Å². The molecule has 112 valence electrons. The van der Waals surface area contributed by atoms with Gasteiger partial charge in [-0.25, -0.2) is 8.42 Å². The Balaban J connectivity index is 1.86. The highest BCUT2D eigenvalue weighted by Gasteiger charge is 2.42. The average molecular weight is 360 g/mol. The van der Waals surface area contributed by atoms with Gasteiger partial charge >= 0.3 is 0 Å². The summed E-state index contributed by atoms with van der Waals surface area (Å²) >= 11 is 8.10. The van der Waals surface area contributed by atoms with E-state index in [9.17, 15) is 13.2 Å². The number of aryl methyl sites for hydroxylation is 1. The Labute approximate surface area is 137 Å². The van der Waals surface area contributed by atoms with Crippen LogP contribution in [0.25, 0.3) is 6.08 Å². The molecular formula is C13H13NO3S4. The van der Waals surface area contributed by atoms with Crippen LogP contribution in [0.1, 0.15) is 16.9 Å². The van der Waals surface area contributed by atoms with E-state index >= 15 is 0 Å². The lowest BCUT2D eigenvalue weighted by Crippen LogP contribution is -2.39. The first kappa shape index (κ1) is 15.2. The lowest BCUT2D eigenvalue weighted by Gasteiger charge is -2.20. The van der Waals surface area contributed by atoms with Gasteiger partial charge in [-0.05, 0) is 36.4 Å². The maximum absolute atomic E-state index is 12.5. The molecule has 0 radical (unpaired) electrons. The van der Waals surface area contributed by atoms with Crippen LogP contribution in [0.5, 0.6) is 0 Å². The van der Waals surface area contributed by atoms with Crippen molar-refractivity contribution in [3.05, 3.63) is 26.8 Å². The number of thiocarbonyl (C=S) groups is 1. The van der Waals surface area contributed by atoms with Crippen LogP contribution in [0.4, 0.5) is 0 Å². The van der Waals surface area contributed by atoms with Gasteiger partial charge in [-0.2, -0.15) is 0 Å². The van der Waals surface area contributed by atoms with Crippen LogP contribution in [-0.2, 0) is 14.6 Å². The van der Waals surface area contributed by atoms with Crippen molar-refractivity contribution in [3.63, 3.8) is 0 Å². The number of carbonyl (C=O) groups excluding carboxylic acids is 1. The smallest absolute Gasteiger partial charge is 0.266 e. The quantitative estimate of drug-likeness (QED) is 0.600. The molecule has 0 spiro atoms. The number of thioether (sulfide) groups is 1. The van der Waals surface area contributed by atoms with E-state index in [4.69, 9.17) is 12.2 Å². The number of sulfone groups is 1. The van der Waals surface area contributed by atoms with Gasteiger partial charge in [-0.15, -0.1) is 11.3 Å². The maximum Gasteiger partial charge on any atom is 0.266 e. The van der Waals surface area contributed by atoms with E-state index in [1.807, 2.05) is 24.4 Å². The molecule has 2 aliphatic heterocycles. The summed E-state index contributed by atoms with van der Waals surface area (Å²) in [6.45, 7) is 1.99. The molecule has 0 unspecified atom stereocenters. The van der Waals surface area contributed by atoms with Gasteiger partial charge in [0.25, 0.3) is 5.91 Å². The Hall–Kier alpha value is -0.700. The van der Waals surface area contributed by atoms with Gasteiger partial charge in [-0.1, -0.05) is 24.0 Å². The van der Waals surface area contributed by atoms with E-state index in [-0.39, 0.29) is 23.5 Å². The van der Waals surface area contributed by atoms with Crippen molar-refractivity contribution >= 4 is 61.5 Å². The fraction of sp³-hybridized carbons (Fsp3) is 0.385. The second-order valence-electron chi connectivity index (χ2n) is 5.08. The molecule has 0 aromatic carbocycles. The van der Waals surface area contributed by atoms with Gasteiger partial charge < -0.3 is 0 Å². The molecule has 8 heteroatoms. The molecule has 4 nitrogen and oxygen atoms in total. The summed E-state index contributed by atoms with van der Waals surface area (Å²) in [4.78, 5) is 15.6. The first-order valence-corrected chi connectivity index (χ1v) is 10.3. The van der Waals surface area contributed by atoms with Gasteiger partial charge in [0.1, 0.15) is 4.32 Å². The Morgan fingerprint density at radius 3 is 2.81 bits per heavy atom. The average Bonchev–Trinajstić information content (AvgIpc) is 3.02. The number of hydrogen-bond acceptors (Lipinski definition) is 6. The standard InChI is InChI=1S/C13H13NO3S4/c1-8-2-4-19-10(8)6-11-12(15)14(13(18)20-11)9-3-5-21(16,17)7-9/h2,4,6,9H,3,5,7H2,1H3/b11-6+/t9-/m1/s1. The highest BCUT2D eigenvalue weighted by molar-refractivity contribution is 8.26. The Bertz CT molecular complexity index is 747. The van der Waals surface area contributed by atoms with Crippen LogP contribution in [0, 0.1) is 6.92 Å². The van der Waals surface area contributed by atoms with Gasteiger partial charge in [0.05, 0.1) is 22.5 Å². The molecule has 1 atom stereocenters. The topological polar surface area (TPSA) is 54.5 Å². The first-order valence-electron chi connectivity index (χ1n) is 6.39. The highest BCUT2D eigenvalue weighted by atomic mass is 32.2. The minimum absolute atomic E-state index is 0.0186. The highest BCUT2D eigenvalue weighted by Crippen LogP contribution is 2.37. The number of thiophene rings is 1. The largest absolute Gasteiger partial charge is 0.289 e. The second kappa shape index (κ2) is 5.49. The Morgan fingerprint density at radius 2 is 2.24 bits per heavy atom. The summed E-state index contributed by atoms with van der Waals surface area (Å²) < 4.78 is 23.6. The molecule has 3 rings (SSSR count). The summed E-state index contributed by atoms with van der Waals surface area (Å²) in [7, 11) is -3.03. The molecule has 3 heterocycles. The number of carbonyl (C=O) groups is 1.